The molecular formula is C11H15NS. The molecule has 2 aliphatic rings. The van der Waals surface area contributed by atoms with E-state index >= 15 is 0 Å². The van der Waals surface area contributed by atoms with E-state index in [4.69, 9.17) is 5.73 Å². The van der Waals surface area contributed by atoms with Crippen LogP contribution < -0.4 is 5.73 Å². The molecule has 0 saturated heterocycles. The van der Waals surface area contributed by atoms with E-state index in [2.05, 4.69) is 18.4 Å². The molecular weight excluding hydrogens is 178 g/mol. The highest BCUT2D eigenvalue weighted by Gasteiger charge is 2.64. The fourth-order valence-corrected chi connectivity index (χ4v) is 3.85. The van der Waals surface area contributed by atoms with Crippen molar-refractivity contribution in [3.8, 4) is 0 Å². The second kappa shape index (κ2) is 2.18. The van der Waals surface area contributed by atoms with Crippen LogP contribution in [0.3, 0.4) is 0 Å². The smallest absolute Gasteiger partial charge is 0.0261 e. The normalized spacial score (nSPS) is 27.2. The predicted molar refractivity (Wildman–Crippen MR) is 56.1 cm³/mol. The third-order valence-corrected chi connectivity index (χ3v) is 5.01. The van der Waals surface area contributed by atoms with Gasteiger partial charge in [-0.2, -0.15) is 0 Å². The molecule has 1 aromatic heterocycles. The van der Waals surface area contributed by atoms with Gasteiger partial charge >= 0.3 is 0 Å². The molecule has 13 heavy (non-hydrogen) atoms. The predicted octanol–water partition coefficient (Wildman–Crippen LogP) is 2.58. The Morgan fingerprint density at radius 3 is 2.38 bits per heavy atom. The molecule has 1 aromatic rings. The SMILES string of the molecule is Cc1ccsc1C1(C2(N)CC2)CC1. The number of thiophene rings is 1. The van der Waals surface area contributed by atoms with E-state index in [9.17, 15) is 0 Å². The Hall–Kier alpha value is -0.340. The lowest BCUT2D eigenvalue weighted by molar-refractivity contribution is 0.509. The number of aryl methyl sites for hydroxylation is 1. The first-order valence-corrected chi connectivity index (χ1v) is 5.89. The minimum absolute atomic E-state index is 0.183. The van der Waals surface area contributed by atoms with E-state index in [1.54, 1.807) is 4.88 Å². The second-order valence-electron chi connectivity index (χ2n) is 4.67. The van der Waals surface area contributed by atoms with Crippen LogP contribution in [-0.2, 0) is 5.41 Å². The monoisotopic (exact) mass is 193 g/mol. The van der Waals surface area contributed by atoms with Crippen LogP contribution in [-0.4, -0.2) is 5.54 Å². The molecule has 0 radical (unpaired) electrons. The van der Waals surface area contributed by atoms with Crippen LogP contribution in [0.25, 0.3) is 0 Å². The molecule has 3 rings (SSSR count). The Morgan fingerprint density at radius 1 is 1.31 bits per heavy atom. The van der Waals surface area contributed by atoms with Gasteiger partial charge in [-0.05, 0) is 49.6 Å². The first kappa shape index (κ1) is 8.01. The van der Waals surface area contributed by atoms with Gasteiger partial charge in [0.05, 0.1) is 0 Å². The van der Waals surface area contributed by atoms with Gasteiger partial charge in [0.15, 0.2) is 0 Å². The van der Waals surface area contributed by atoms with Crippen LogP contribution in [0.15, 0.2) is 11.4 Å². The summed E-state index contributed by atoms with van der Waals surface area (Å²) in [5, 5.41) is 2.20. The topological polar surface area (TPSA) is 26.0 Å². The summed E-state index contributed by atoms with van der Waals surface area (Å²) in [4.78, 5) is 1.58. The van der Waals surface area contributed by atoms with E-state index in [0.29, 0.717) is 5.41 Å². The highest BCUT2D eigenvalue weighted by atomic mass is 32.1. The lowest BCUT2D eigenvalue weighted by atomic mass is 9.91. The number of rotatable bonds is 2. The van der Waals surface area contributed by atoms with Gasteiger partial charge in [-0.3, -0.25) is 0 Å². The van der Waals surface area contributed by atoms with Crippen molar-refractivity contribution in [1.29, 1.82) is 0 Å². The zero-order chi connectivity index (χ0) is 9.10. The van der Waals surface area contributed by atoms with Crippen LogP contribution in [0.4, 0.5) is 0 Å². The molecule has 0 atom stereocenters. The third kappa shape index (κ3) is 0.906. The van der Waals surface area contributed by atoms with Gasteiger partial charge in [-0.1, -0.05) is 0 Å². The fraction of sp³-hybridized carbons (Fsp3) is 0.636. The molecule has 2 N–H and O–H groups in total. The Kier molecular flexibility index (Phi) is 1.34. The first-order chi connectivity index (χ1) is 6.18. The van der Waals surface area contributed by atoms with Crippen LogP contribution in [0.2, 0.25) is 0 Å². The van der Waals surface area contributed by atoms with E-state index < -0.39 is 0 Å². The van der Waals surface area contributed by atoms with E-state index in [0.717, 1.165) is 0 Å². The van der Waals surface area contributed by atoms with Crippen LogP contribution in [0, 0.1) is 6.92 Å². The van der Waals surface area contributed by atoms with E-state index in [1.807, 2.05) is 11.3 Å². The number of hydrogen-bond donors (Lipinski definition) is 1. The van der Waals surface area contributed by atoms with E-state index in [1.165, 1.54) is 31.2 Å². The zero-order valence-corrected chi connectivity index (χ0v) is 8.79. The molecule has 0 aliphatic heterocycles. The molecule has 1 heterocycles. The standard InChI is InChI=1S/C11H15NS/c1-8-2-7-13-9(8)10(3-4-10)11(12)5-6-11/h2,7H,3-6,12H2,1H3. The lowest BCUT2D eigenvalue weighted by Gasteiger charge is -2.22. The molecule has 2 aliphatic carbocycles. The summed E-state index contributed by atoms with van der Waals surface area (Å²) in [7, 11) is 0. The second-order valence-corrected chi connectivity index (χ2v) is 5.59. The Balaban J connectivity index is 2.05. The van der Waals surface area contributed by atoms with Crippen molar-refractivity contribution in [2.45, 2.75) is 43.6 Å². The minimum Gasteiger partial charge on any atom is -0.324 e. The van der Waals surface area contributed by atoms with Crippen molar-refractivity contribution in [3.63, 3.8) is 0 Å². The maximum atomic E-state index is 6.35. The summed E-state index contributed by atoms with van der Waals surface area (Å²) in [5.41, 5.74) is 8.40. The van der Waals surface area contributed by atoms with Crippen LogP contribution >= 0.6 is 11.3 Å². The van der Waals surface area contributed by atoms with Gasteiger partial charge in [0, 0.05) is 15.8 Å². The van der Waals surface area contributed by atoms with Gasteiger partial charge in [0.25, 0.3) is 0 Å². The molecule has 2 heteroatoms. The molecule has 0 spiro atoms. The zero-order valence-electron chi connectivity index (χ0n) is 7.97. The van der Waals surface area contributed by atoms with Gasteiger partial charge in [-0.15, -0.1) is 11.3 Å². The van der Waals surface area contributed by atoms with Crippen LogP contribution in [0.5, 0.6) is 0 Å². The Bertz CT molecular complexity index is 345. The van der Waals surface area contributed by atoms with Crippen molar-refractivity contribution in [2.75, 3.05) is 0 Å². The maximum Gasteiger partial charge on any atom is 0.0261 e. The molecule has 70 valence electrons. The van der Waals surface area contributed by atoms with Gasteiger partial charge in [0.1, 0.15) is 0 Å². The number of nitrogens with two attached hydrogens (primary N) is 1. The molecule has 0 bridgehead atoms. The molecule has 0 unspecified atom stereocenters. The first-order valence-electron chi connectivity index (χ1n) is 5.01. The fourth-order valence-electron chi connectivity index (χ4n) is 2.55. The van der Waals surface area contributed by atoms with Gasteiger partial charge in [-0.25, -0.2) is 0 Å². The van der Waals surface area contributed by atoms with Crippen molar-refractivity contribution < 1.29 is 0 Å². The molecule has 0 amide bonds. The third-order valence-electron chi connectivity index (χ3n) is 3.79. The lowest BCUT2D eigenvalue weighted by Crippen LogP contribution is -2.37. The summed E-state index contributed by atoms with van der Waals surface area (Å²) < 4.78 is 0. The average Bonchev–Trinajstić information content (AvgIpc) is 2.98. The average molecular weight is 193 g/mol. The number of hydrogen-bond acceptors (Lipinski definition) is 2. The van der Waals surface area contributed by atoms with Crippen molar-refractivity contribution in [1.82, 2.24) is 0 Å². The highest BCUT2D eigenvalue weighted by Crippen LogP contribution is 2.65. The molecule has 2 saturated carbocycles. The van der Waals surface area contributed by atoms with E-state index in [-0.39, 0.29) is 5.54 Å². The summed E-state index contributed by atoms with van der Waals surface area (Å²) >= 11 is 1.91. The largest absolute Gasteiger partial charge is 0.324 e. The van der Waals surface area contributed by atoms with Crippen molar-refractivity contribution in [2.24, 2.45) is 5.73 Å². The van der Waals surface area contributed by atoms with Crippen molar-refractivity contribution >= 4 is 11.3 Å². The van der Waals surface area contributed by atoms with Gasteiger partial charge in [0.2, 0.25) is 0 Å². The molecule has 2 fully saturated rings. The summed E-state index contributed by atoms with van der Waals surface area (Å²) in [6, 6.07) is 2.23. The van der Waals surface area contributed by atoms with Crippen LogP contribution in [0.1, 0.15) is 36.1 Å². The maximum absolute atomic E-state index is 6.35. The summed E-state index contributed by atoms with van der Waals surface area (Å²) in [5.74, 6) is 0. The molecule has 0 aromatic carbocycles. The Labute approximate surface area is 83.0 Å². The minimum atomic E-state index is 0.183. The summed E-state index contributed by atoms with van der Waals surface area (Å²) in [6.45, 7) is 2.22. The molecule has 1 nitrogen and oxygen atoms in total. The highest BCUT2D eigenvalue weighted by molar-refractivity contribution is 7.10. The Morgan fingerprint density at radius 2 is 2.00 bits per heavy atom. The quantitative estimate of drug-likeness (QED) is 0.767. The van der Waals surface area contributed by atoms with Crippen molar-refractivity contribution in [3.05, 3.63) is 21.9 Å². The van der Waals surface area contributed by atoms with Gasteiger partial charge < -0.3 is 5.73 Å². The summed E-state index contributed by atoms with van der Waals surface area (Å²) in [6.07, 6.45) is 5.13.